The number of imidazole rings is 1. The van der Waals surface area contributed by atoms with E-state index >= 15 is 0 Å². The number of rotatable bonds is 2. The van der Waals surface area contributed by atoms with Gasteiger partial charge in [-0.05, 0) is 35.0 Å². The zero-order chi connectivity index (χ0) is 12.5. The van der Waals surface area contributed by atoms with Crippen molar-refractivity contribution in [2.24, 2.45) is 0 Å². The SMILES string of the molecule is BrCc1cn(-c2ccc3cc(Br)ccc3c2)cn1. The maximum atomic E-state index is 4.31. The first-order valence-corrected chi connectivity index (χ1v) is 7.46. The second-order valence-corrected chi connectivity index (χ2v) is 5.56. The van der Waals surface area contributed by atoms with E-state index in [4.69, 9.17) is 0 Å². The second kappa shape index (κ2) is 4.86. The molecule has 3 aromatic rings. The van der Waals surface area contributed by atoms with Crippen molar-refractivity contribution in [1.29, 1.82) is 0 Å². The van der Waals surface area contributed by atoms with Crippen LogP contribution in [0.4, 0.5) is 0 Å². The molecular formula is C14H10Br2N2. The van der Waals surface area contributed by atoms with Crippen molar-refractivity contribution in [2.45, 2.75) is 5.33 Å². The highest BCUT2D eigenvalue weighted by molar-refractivity contribution is 9.10. The topological polar surface area (TPSA) is 17.8 Å². The molecule has 18 heavy (non-hydrogen) atoms. The lowest BCUT2D eigenvalue weighted by Crippen LogP contribution is -1.89. The van der Waals surface area contributed by atoms with E-state index in [1.807, 2.05) is 17.1 Å². The van der Waals surface area contributed by atoms with Gasteiger partial charge in [-0.2, -0.15) is 0 Å². The molecule has 0 aliphatic heterocycles. The highest BCUT2D eigenvalue weighted by Gasteiger charge is 2.01. The van der Waals surface area contributed by atoms with Gasteiger partial charge in [-0.1, -0.05) is 44.0 Å². The first kappa shape index (κ1) is 11.9. The summed E-state index contributed by atoms with van der Waals surface area (Å²) in [7, 11) is 0. The van der Waals surface area contributed by atoms with Crippen LogP contribution in [0.1, 0.15) is 5.69 Å². The molecule has 0 aliphatic carbocycles. The monoisotopic (exact) mass is 364 g/mol. The van der Waals surface area contributed by atoms with Gasteiger partial charge in [0.25, 0.3) is 0 Å². The van der Waals surface area contributed by atoms with Gasteiger partial charge in [0.15, 0.2) is 0 Å². The van der Waals surface area contributed by atoms with E-state index in [1.54, 1.807) is 0 Å². The molecule has 1 heterocycles. The molecule has 3 rings (SSSR count). The van der Waals surface area contributed by atoms with Gasteiger partial charge >= 0.3 is 0 Å². The summed E-state index contributed by atoms with van der Waals surface area (Å²) in [5.74, 6) is 0. The van der Waals surface area contributed by atoms with Crippen LogP contribution in [0.25, 0.3) is 16.5 Å². The molecule has 0 atom stereocenters. The van der Waals surface area contributed by atoms with Gasteiger partial charge < -0.3 is 4.57 Å². The Morgan fingerprint density at radius 2 is 1.83 bits per heavy atom. The van der Waals surface area contributed by atoms with Crippen LogP contribution in [0.2, 0.25) is 0 Å². The summed E-state index contributed by atoms with van der Waals surface area (Å²) >= 11 is 6.90. The van der Waals surface area contributed by atoms with Crippen LogP contribution in [-0.2, 0) is 5.33 Å². The van der Waals surface area contributed by atoms with Crippen molar-refractivity contribution in [3.63, 3.8) is 0 Å². The smallest absolute Gasteiger partial charge is 0.0995 e. The molecule has 0 spiro atoms. The highest BCUT2D eigenvalue weighted by atomic mass is 79.9. The first-order valence-electron chi connectivity index (χ1n) is 5.55. The van der Waals surface area contributed by atoms with Gasteiger partial charge in [-0.15, -0.1) is 0 Å². The average Bonchev–Trinajstić information content (AvgIpc) is 2.87. The van der Waals surface area contributed by atoms with E-state index in [0.29, 0.717) is 0 Å². The van der Waals surface area contributed by atoms with Crippen molar-refractivity contribution in [1.82, 2.24) is 9.55 Å². The van der Waals surface area contributed by atoms with Crippen LogP contribution in [-0.4, -0.2) is 9.55 Å². The van der Waals surface area contributed by atoms with E-state index in [1.165, 1.54) is 10.8 Å². The number of fused-ring (bicyclic) bond motifs is 1. The van der Waals surface area contributed by atoms with E-state index in [2.05, 4.69) is 73.2 Å². The third-order valence-corrected chi connectivity index (χ3v) is 3.92. The lowest BCUT2D eigenvalue weighted by atomic mass is 10.1. The molecule has 2 aromatic carbocycles. The summed E-state index contributed by atoms with van der Waals surface area (Å²) < 4.78 is 3.14. The summed E-state index contributed by atoms with van der Waals surface area (Å²) in [4.78, 5) is 4.31. The maximum Gasteiger partial charge on any atom is 0.0995 e. The number of halogens is 2. The Morgan fingerprint density at radius 3 is 2.61 bits per heavy atom. The van der Waals surface area contributed by atoms with Crippen molar-refractivity contribution in [3.05, 3.63) is 59.1 Å². The summed E-state index contributed by atoms with van der Waals surface area (Å²) in [6.07, 6.45) is 3.88. The predicted molar refractivity (Wildman–Crippen MR) is 81.4 cm³/mol. The number of hydrogen-bond acceptors (Lipinski definition) is 1. The fourth-order valence-electron chi connectivity index (χ4n) is 1.94. The van der Waals surface area contributed by atoms with Crippen molar-refractivity contribution >= 4 is 42.6 Å². The third-order valence-electron chi connectivity index (χ3n) is 2.86. The van der Waals surface area contributed by atoms with Gasteiger partial charge in [-0.3, -0.25) is 0 Å². The Morgan fingerprint density at radius 1 is 1.06 bits per heavy atom. The Bertz CT molecular complexity index is 704. The normalized spacial score (nSPS) is 11.0. The summed E-state index contributed by atoms with van der Waals surface area (Å²) in [5, 5.41) is 3.24. The number of aromatic nitrogens is 2. The van der Waals surface area contributed by atoms with Crippen LogP contribution in [0.3, 0.4) is 0 Å². The molecule has 1 aromatic heterocycles. The number of nitrogens with zero attached hydrogens (tertiary/aromatic N) is 2. The van der Waals surface area contributed by atoms with Crippen LogP contribution in [0.5, 0.6) is 0 Å². The van der Waals surface area contributed by atoms with Gasteiger partial charge in [0, 0.05) is 21.7 Å². The first-order chi connectivity index (χ1) is 8.76. The Labute approximate surface area is 122 Å². The molecule has 0 amide bonds. The maximum absolute atomic E-state index is 4.31. The molecular weight excluding hydrogens is 356 g/mol. The summed E-state index contributed by atoms with van der Waals surface area (Å²) in [5.41, 5.74) is 2.16. The second-order valence-electron chi connectivity index (χ2n) is 4.08. The lowest BCUT2D eigenvalue weighted by molar-refractivity contribution is 1.06. The number of alkyl halides is 1. The molecule has 0 N–H and O–H groups in total. The minimum atomic E-state index is 0.778. The Balaban J connectivity index is 2.10. The van der Waals surface area contributed by atoms with Crippen LogP contribution < -0.4 is 0 Å². The standard InChI is InChI=1S/C14H10Br2N2/c15-7-13-8-18(9-17-13)14-4-2-10-5-12(16)3-1-11(10)6-14/h1-6,8-9H,7H2. The Kier molecular flexibility index (Phi) is 3.22. The molecule has 0 bridgehead atoms. The predicted octanol–water partition coefficient (Wildman–Crippen LogP) is 4.68. The molecule has 2 nitrogen and oxygen atoms in total. The van der Waals surface area contributed by atoms with Gasteiger partial charge in [0.05, 0.1) is 12.0 Å². The van der Waals surface area contributed by atoms with E-state index in [9.17, 15) is 0 Å². The summed E-state index contributed by atoms with van der Waals surface area (Å²) in [6.45, 7) is 0. The third kappa shape index (κ3) is 2.22. The molecule has 4 heteroatoms. The fourth-order valence-corrected chi connectivity index (χ4v) is 2.61. The van der Waals surface area contributed by atoms with Gasteiger partial charge in [0.1, 0.15) is 0 Å². The molecule has 0 aliphatic rings. The lowest BCUT2D eigenvalue weighted by Gasteiger charge is -2.04. The largest absolute Gasteiger partial charge is 0.306 e. The molecule has 0 saturated heterocycles. The summed E-state index contributed by atoms with van der Waals surface area (Å²) in [6, 6.07) is 12.7. The zero-order valence-electron chi connectivity index (χ0n) is 9.48. The fraction of sp³-hybridized carbons (Fsp3) is 0.0714. The van der Waals surface area contributed by atoms with E-state index in [0.717, 1.165) is 21.2 Å². The van der Waals surface area contributed by atoms with Crippen LogP contribution in [0, 0.1) is 0 Å². The van der Waals surface area contributed by atoms with E-state index in [-0.39, 0.29) is 0 Å². The van der Waals surface area contributed by atoms with Crippen molar-refractivity contribution < 1.29 is 0 Å². The quantitative estimate of drug-likeness (QED) is 0.602. The zero-order valence-corrected chi connectivity index (χ0v) is 12.6. The van der Waals surface area contributed by atoms with Crippen LogP contribution >= 0.6 is 31.9 Å². The van der Waals surface area contributed by atoms with Crippen molar-refractivity contribution in [2.75, 3.05) is 0 Å². The average molecular weight is 366 g/mol. The minimum Gasteiger partial charge on any atom is -0.306 e. The van der Waals surface area contributed by atoms with Gasteiger partial charge in [0.2, 0.25) is 0 Å². The van der Waals surface area contributed by atoms with Crippen molar-refractivity contribution in [3.8, 4) is 5.69 Å². The van der Waals surface area contributed by atoms with Crippen LogP contribution in [0.15, 0.2) is 53.4 Å². The number of hydrogen-bond donors (Lipinski definition) is 0. The molecule has 0 unspecified atom stereocenters. The molecule has 0 radical (unpaired) electrons. The van der Waals surface area contributed by atoms with Gasteiger partial charge in [-0.25, -0.2) is 4.98 Å². The Hall–Kier alpha value is -1.13. The molecule has 90 valence electrons. The van der Waals surface area contributed by atoms with E-state index < -0.39 is 0 Å². The molecule has 0 fully saturated rings. The molecule has 0 saturated carbocycles. The highest BCUT2D eigenvalue weighted by Crippen LogP contribution is 2.22. The number of benzene rings is 2. The minimum absolute atomic E-state index is 0.778.